The van der Waals surface area contributed by atoms with Crippen LogP contribution in [0.1, 0.15) is 37.0 Å². The van der Waals surface area contributed by atoms with E-state index in [9.17, 15) is 9.59 Å². The molecule has 0 heterocycles. The van der Waals surface area contributed by atoms with Crippen LogP contribution >= 0.6 is 0 Å². The molecule has 0 spiro atoms. The van der Waals surface area contributed by atoms with Gasteiger partial charge in [0.1, 0.15) is 6.42 Å². The number of carbonyl (C=O) groups is 2. The highest BCUT2D eigenvalue weighted by Crippen LogP contribution is 2.26. The molecule has 1 aromatic carbocycles. The molecule has 4 heteroatoms. The Hall–Kier alpha value is -1.84. The van der Waals surface area contributed by atoms with Crippen LogP contribution in [0, 0.1) is 13.8 Å². The maximum absolute atomic E-state index is 11.4. The Morgan fingerprint density at radius 2 is 1.89 bits per heavy atom. The number of amides is 1. The quantitative estimate of drug-likeness (QED) is 0.800. The maximum Gasteiger partial charge on any atom is 0.312 e. The van der Waals surface area contributed by atoms with Crippen molar-refractivity contribution < 1.29 is 14.7 Å². The number of aryl methyl sites for hydroxylation is 2. The van der Waals surface area contributed by atoms with Crippen molar-refractivity contribution in [3.63, 3.8) is 0 Å². The minimum Gasteiger partial charge on any atom is -0.481 e. The first-order chi connectivity index (χ1) is 8.72. The Balaban J connectivity index is 2.75. The van der Waals surface area contributed by atoms with Gasteiger partial charge in [0.2, 0.25) is 5.91 Å². The minimum atomic E-state index is -1.11. The maximum atomic E-state index is 11.4. The molecular weight excluding hydrogens is 242 g/mol. The Morgan fingerprint density at radius 3 is 2.42 bits per heavy atom. The average molecular weight is 263 g/mol. The average Bonchev–Trinajstić information content (AvgIpc) is 2.25. The van der Waals surface area contributed by atoms with E-state index in [-0.39, 0.29) is 5.41 Å². The third-order valence-electron chi connectivity index (χ3n) is 3.15. The third-order valence-corrected chi connectivity index (χ3v) is 3.15. The number of carbonyl (C=O) groups excluding carboxylic acids is 1. The normalized spacial score (nSPS) is 11.2. The Labute approximate surface area is 113 Å². The zero-order valence-corrected chi connectivity index (χ0v) is 11.9. The summed E-state index contributed by atoms with van der Waals surface area (Å²) in [6.07, 6.45) is -0.483. The molecule has 1 rings (SSSR count). The second-order valence-electron chi connectivity index (χ2n) is 5.55. The molecule has 19 heavy (non-hydrogen) atoms. The fraction of sp³-hybridized carbons (Fsp3) is 0.467. The van der Waals surface area contributed by atoms with E-state index in [1.165, 1.54) is 11.1 Å². The summed E-state index contributed by atoms with van der Waals surface area (Å²) in [5.41, 5.74) is 3.31. The van der Waals surface area contributed by atoms with E-state index in [0.29, 0.717) is 6.54 Å². The van der Waals surface area contributed by atoms with Crippen LogP contribution in [0.25, 0.3) is 0 Å². The summed E-state index contributed by atoms with van der Waals surface area (Å²) in [5.74, 6) is -1.56. The van der Waals surface area contributed by atoms with Crippen LogP contribution < -0.4 is 5.32 Å². The molecule has 0 aliphatic heterocycles. The number of rotatable bonds is 5. The lowest BCUT2D eigenvalue weighted by molar-refractivity contribution is -0.140. The zero-order valence-electron chi connectivity index (χ0n) is 11.9. The molecule has 0 fully saturated rings. The number of hydrogen-bond acceptors (Lipinski definition) is 2. The van der Waals surface area contributed by atoms with Crippen molar-refractivity contribution in [2.45, 2.75) is 39.5 Å². The molecule has 0 aromatic heterocycles. The van der Waals surface area contributed by atoms with Crippen LogP contribution in [0.2, 0.25) is 0 Å². The van der Waals surface area contributed by atoms with Gasteiger partial charge in [-0.3, -0.25) is 9.59 Å². The van der Waals surface area contributed by atoms with Crippen molar-refractivity contribution in [3.05, 3.63) is 34.9 Å². The van der Waals surface area contributed by atoms with Crippen molar-refractivity contribution in [1.29, 1.82) is 0 Å². The van der Waals surface area contributed by atoms with E-state index in [1.54, 1.807) is 0 Å². The van der Waals surface area contributed by atoms with E-state index in [4.69, 9.17) is 5.11 Å². The van der Waals surface area contributed by atoms with Crippen LogP contribution in [-0.2, 0) is 15.0 Å². The molecule has 1 aromatic rings. The molecular formula is C15H21NO3. The van der Waals surface area contributed by atoms with Gasteiger partial charge in [-0.1, -0.05) is 37.6 Å². The van der Waals surface area contributed by atoms with Gasteiger partial charge in [-0.15, -0.1) is 0 Å². The summed E-state index contributed by atoms with van der Waals surface area (Å²) in [7, 11) is 0. The number of carboxylic acid groups (broad SMARTS) is 1. The summed E-state index contributed by atoms with van der Waals surface area (Å²) < 4.78 is 0. The van der Waals surface area contributed by atoms with Crippen LogP contribution in [0.3, 0.4) is 0 Å². The third kappa shape index (κ3) is 4.39. The highest BCUT2D eigenvalue weighted by Gasteiger charge is 2.23. The van der Waals surface area contributed by atoms with E-state index in [0.717, 1.165) is 5.56 Å². The molecule has 0 radical (unpaired) electrons. The topological polar surface area (TPSA) is 66.4 Å². The van der Waals surface area contributed by atoms with Gasteiger partial charge in [0, 0.05) is 12.0 Å². The highest BCUT2D eigenvalue weighted by atomic mass is 16.4. The van der Waals surface area contributed by atoms with Crippen molar-refractivity contribution in [3.8, 4) is 0 Å². The Morgan fingerprint density at radius 1 is 1.26 bits per heavy atom. The Bertz CT molecular complexity index is 492. The number of aliphatic carboxylic acids is 1. The SMILES string of the molecule is Cc1ccc(C(C)(C)CNC(=O)CC(=O)O)c(C)c1. The lowest BCUT2D eigenvalue weighted by Gasteiger charge is -2.27. The Kier molecular flexibility index (Phi) is 4.70. The van der Waals surface area contributed by atoms with Gasteiger partial charge in [-0.2, -0.15) is 0 Å². The second kappa shape index (κ2) is 5.87. The first kappa shape index (κ1) is 15.2. The van der Waals surface area contributed by atoms with Crippen molar-refractivity contribution in [2.24, 2.45) is 0 Å². The predicted octanol–water partition coefficient (Wildman–Crippen LogP) is 2.17. The molecule has 0 atom stereocenters. The van der Waals surface area contributed by atoms with Gasteiger partial charge in [0.05, 0.1) is 0 Å². The molecule has 1 amide bonds. The van der Waals surface area contributed by atoms with E-state index in [1.807, 2.05) is 33.8 Å². The summed E-state index contributed by atoms with van der Waals surface area (Å²) in [5, 5.41) is 11.2. The van der Waals surface area contributed by atoms with Gasteiger partial charge in [-0.05, 0) is 25.0 Å². The largest absolute Gasteiger partial charge is 0.481 e. The molecule has 0 aliphatic rings. The van der Waals surface area contributed by atoms with Crippen LogP contribution in [0.4, 0.5) is 0 Å². The van der Waals surface area contributed by atoms with Crippen molar-refractivity contribution in [2.75, 3.05) is 6.54 Å². The van der Waals surface area contributed by atoms with Gasteiger partial charge >= 0.3 is 5.97 Å². The standard InChI is InChI=1S/C15H21NO3/c1-10-5-6-12(11(2)7-10)15(3,4)9-16-13(17)8-14(18)19/h5-7H,8-9H2,1-4H3,(H,16,17)(H,18,19). The molecule has 104 valence electrons. The first-order valence-electron chi connectivity index (χ1n) is 6.28. The molecule has 0 saturated carbocycles. The summed E-state index contributed by atoms with van der Waals surface area (Å²) in [6.45, 7) is 8.57. The number of benzene rings is 1. The van der Waals surface area contributed by atoms with Crippen molar-refractivity contribution >= 4 is 11.9 Å². The zero-order chi connectivity index (χ0) is 14.6. The molecule has 0 saturated heterocycles. The monoisotopic (exact) mass is 263 g/mol. The number of nitrogens with one attached hydrogen (secondary N) is 1. The summed E-state index contributed by atoms with van der Waals surface area (Å²) in [6, 6.07) is 6.22. The number of hydrogen-bond donors (Lipinski definition) is 2. The van der Waals surface area contributed by atoms with E-state index < -0.39 is 18.3 Å². The number of carboxylic acids is 1. The van der Waals surface area contributed by atoms with E-state index >= 15 is 0 Å². The highest BCUT2D eigenvalue weighted by molar-refractivity contribution is 5.93. The lowest BCUT2D eigenvalue weighted by atomic mass is 9.81. The fourth-order valence-corrected chi connectivity index (χ4v) is 2.19. The van der Waals surface area contributed by atoms with Crippen molar-refractivity contribution in [1.82, 2.24) is 5.32 Å². The smallest absolute Gasteiger partial charge is 0.312 e. The van der Waals surface area contributed by atoms with Gasteiger partial charge in [0.15, 0.2) is 0 Å². The summed E-state index contributed by atoms with van der Waals surface area (Å²) in [4.78, 5) is 21.8. The van der Waals surface area contributed by atoms with Gasteiger partial charge in [0.25, 0.3) is 0 Å². The van der Waals surface area contributed by atoms with Gasteiger partial charge in [-0.25, -0.2) is 0 Å². The van der Waals surface area contributed by atoms with Crippen LogP contribution in [0.15, 0.2) is 18.2 Å². The molecule has 0 unspecified atom stereocenters. The minimum absolute atomic E-state index is 0.230. The summed E-state index contributed by atoms with van der Waals surface area (Å²) >= 11 is 0. The second-order valence-corrected chi connectivity index (χ2v) is 5.55. The fourth-order valence-electron chi connectivity index (χ4n) is 2.19. The molecule has 2 N–H and O–H groups in total. The molecule has 4 nitrogen and oxygen atoms in total. The van der Waals surface area contributed by atoms with Crippen LogP contribution in [0.5, 0.6) is 0 Å². The molecule has 0 bridgehead atoms. The van der Waals surface area contributed by atoms with E-state index in [2.05, 4.69) is 17.4 Å². The van der Waals surface area contributed by atoms with Crippen LogP contribution in [-0.4, -0.2) is 23.5 Å². The molecule has 0 aliphatic carbocycles. The lowest BCUT2D eigenvalue weighted by Crippen LogP contribution is -2.37. The van der Waals surface area contributed by atoms with Gasteiger partial charge < -0.3 is 10.4 Å². The predicted molar refractivity (Wildman–Crippen MR) is 74.2 cm³/mol. The first-order valence-corrected chi connectivity index (χ1v) is 6.28.